The van der Waals surface area contributed by atoms with E-state index in [1.807, 2.05) is 6.92 Å². The van der Waals surface area contributed by atoms with Crippen LogP contribution in [0.4, 0.5) is 0 Å². The monoisotopic (exact) mass is 258 g/mol. The Bertz CT molecular complexity index is 361. The van der Waals surface area contributed by atoms with Gasteiger partial charge in [-0.05, 0) is 40.0 Å². The predicted molar refractivity (Wildman–Crippen MR) is 56.5 cm³/mol. The fraction of sp³-hybridized carbons (Fsp3) is 0.300. The highest BCUT2D eigenvalue weighted by Gasteiger charge is 2.11. The minimum Gasteiger partial charge on any atom is -0.506 e. The van der Waals surface area contributed by atoms with Gasteiger partial charge in [0.05, 0.1) is 17.1 Å². The van der Waals surface area contributed by atoms with E-state index in [1.165, 1.54) is 7.11 Å². The van der Waals surface area contributed by atoms with Crippen molar-refractivity contribution in [3.05, 3.63) is 27.7 Å². The number of hydrogen-bond donors (Lipinski definition) is 1. The molecule has 0 aliphatic rings. The van der Waals surface area contributed by atoms with Gasteiger partial charge in [0.1, 0.15) is 5.75 Å². The van der Waals surface area contributed by atoms with Crippen molar-refractivity contribution in [2.24, 2.45) is 0 Å². The summed E-state index contributed by atoms with van der Waals surface area (Å²) in [6.45, 7) is 1.91. The van der Waals surface area contributed by atoms with Gasteiger partial charge in [-0.15, -0.1) is 0 Å². The molecule has 4 heteroatoms. The van der Waals surface area contributed by atoms with Crippen molar-refractivity contribution in [1.29, 1.82) is 0 Å². The molecule has 0 amide bonds. The molecule has 0 saturated carbocycles. The third-order valence-electron chi connectivity index (χ3n) is 1.94. The van der Waals surface area contributed by atoms with Crippen LogP contribution in [-0.2, 0) is 11.2 Å². The average molecular weight is 259 g/mol. The van der Waals surface area contributed by atoms with Gasteiger partial charge in [0, 0.05) is 0 Å². The molecule has 14 heavy (non-hydrogen) atoms. The first-order valence-electron chi connectivity index (χ1n) is 4.19. The Morgan fingerprint density at radius 2 is 2.21 bits per heavy atom. The van der Waals surface area contributed by atoms with Crippen LogP contribution in [0.2, 0.25) is 0 Å². The lowest BCUT2D eigenvalue weighted by atomic mass is 10.1. The normalized spacial score (nSPS) is 9.93. The SMILES string of the molecule is CCc1cc(C(=O)OC)cc(Br)c1O. The summed E-state index contributed by atoms with van der Waals surface area (Å²) in [6, 6.07) is 3.17. The Hall–Kier alpha value is -1.03. The van der Waals surface area contributed by atoms with Crippen molar-refractivity contribution < 1.29 is 14.6 Å². The van der Waals surface area contributed by atoms with Crippen molar-refractivity contribution in [2.45, 2.75) is 13.3 Å². The lowest BCUT2D eigenvalue weighted by molar-refractivity contribution is 0.0600. The second-order valence-electron chi connectivity index (χ2n) is 2.81. The molecule has 0 unspecified atom stereocenters. The molecule has 0 aliphatic carbocycles. The number of ether oxygens (including phenoxy) is 1. The summed E-state index contributed by atoms with van der Waals surface area (Å²) in [5.41, 5.74) is 1.16. The van der Waals surface area contributed by atoms with E-state index in [1.54, 1.807) is 12.1 Å². The van der Waals surface area contributed by atoms with E-state index in [2.05, 4.69) is 20.7 Å². The summed E-state index contributed by atoms with van der Waals surface area (Å²) < 4.78 is 5.10. The Balaban J connectivity index is 3.22. The molecular weight excluding hydrogens is 248 g/mol. The summed E-state index contributed by atoms with van der Waals surface area (Å²) in [7, 11) is 1.33. The van der Waals surface area contributed by atoms with E-state index in [0.29, 0.717) is 16.5 Å². The van der Waals surface area contributed by atoms with Crippen LogP contribution in [0.3, 0.4) is 0 Å². The van der Waals surface area contributed by atoms with Crippen LogP contribution in [-0.4, -0.2) is 18.2 Å². The predicted octanol–water partition coefficient (Wildman–Crippen LogP) is 2.50. The highest BCUT2D eigenvalue weighted by atomic mass is 79.9. The summed E-state index contributed by atoms with van der Waals surface area (Å²) in [5, 5.41) is 9.58. The van der Waals surface area contributed by atoms with Crippen LogP contribution in [0.1, 0.15) is 22.8 Å². The molecule has 0 saturated heterocycles. The smallest absolute Gasteiger partial charge is 0.337 e. The number of aromatic hydroxyl groups is 1. The molecule has 1 N–H and O–H groups in total. The van der Waals surface area contributed by atoms with Crippen molar-refractivity contribution in [1.82, 2.24) is 0 Å². The Labute approximate surface area is 90.8 Å². The van der Waals surface area contributed by atoms with Crippen molar-refractivity contribution >= 4 is 21.9 Å². The standard InChI is InChI=1S/C10H11BrO3/c1-3-6-4-7(10(13)14-2)5-8(11)9(6)12/h4-5,12H,3H2,1-2H3. The lowest BCUT2D eigenvalue weighted by Crippen LogP contribution is -2.02. The molecule has 0 atom stereocenters. The number of benzene rings is 1. The maximum absolute atomic E-state index is 11.2. The number of halogens is 1. The van der Waals surface area contributed by atoms with Gasteiger partial charge in [0.25, 0.3) is 0 Å². The summed E-state index contributed by atoms with van der Waals surface area (Å²) in [5.74, 6) is -0.222. The second-order valence-corrected chi connectivity index (χ2v) is 3.67. The molecule has 3 nitrogen and oxygen atoms in total. The van der Waals surface area contributed by atoms with Crippen LogP contribution in [0.15, 0.2) is 16.6 Å². The zero-order chi connectivity index (χ0) is 10.7. The number of esters is 1. The van der Waals surface area contributed by atoms with E-state index in [0.717, 1.165) is 5.56 Å². The average Bonchev–Trinajstić information content (AvgIpc) is 2.20. The number of phenols is 1. The van der Waals surface area contributed by atoms with E-state index in [-0.39, 0.29) is 5.75 Å². The van der Waals surface area contributed by atoms with Crippen LogP contribution in [0.5, 0.6) is 5.75 Å². The van der Waals surface area contributed by atoms with Crippen LogP contribution >= 0.6 is 15.9 Å². The molecule has 0 aliphatic heterocycles. The number of methoxy groups -OCH3 is 1. The fourth-order valence-electron chi connectivity index (χ4n) is 1.16. The van der Waals surface area contributed by atoms with Gasteiger partial charge in [-0.1, -0.05) is 6.92 Å². The molecule has 1 aromatic carbocycles. The number of hydrogen-bond acceptors (Lipinski definition) is 3. The van der Waals surface area contributed by atoms with Crippen LogP contribution in [0, 0.1) is 0 Å². The molecule has 0 fully saturated rings. The van der Waals surface area contributed by atoms with Crippen molar-refractivity contribution in [3.63, 3.8) is 0 Å². The van der Waals surface area contributed by atoms with E-state index >= 15 is 0 Å². The van der Waals surface area contributed by atoms with Gasteiger partial charge >= 0.3 is 5.97 Å². The minimum absolute atomic E-state index is 0.181. The quantitative estimate of drug-likeness (QED) is 0.830. The summed E-state index contributed by atoms with van der Waals surface area (Å²) in [4.78, 5) is 11.2. The first-order valence-corrected chi connectivity index (χ1v) is 4.99. The molecule has 0 bridgehead atoms. The molecule has 0 heterocycles. The number of rotatable bonds is 2. The molecule has 1 aromatic rings. The minimum atomic E-state index is -0.402. The molecule has 0 radical (unpaired) electrons. The maximum atomic E-state index is 11.2. The van der Waals surface area contributed by atoms with Gasteiger partial charge in [0.15, 0.2) is 0 Å². The number of phenolic OH excluding ortho intramolecular Hbond substituents is 1. The molecular formula is C10H11BrO3. The summed E-state index contributed by atoms with van der Waals surface area (Å²) >= 11 is 3.18. The Morgan fingerprint density at radius 1 is 1.57 bits per heavy atom. The number of carbonyl (C=O) groups excluding carboxylic acids is 1. The van der Waals surface area contributed by atoms with E-state index in [4.69, 9.17) is 0 Å². The lowest BCUT2D eigenvalue weighted by Gasteiger charge is -2.06. The molecule has 76 valence electrons. The van der Waals surface area contributed by atoms with Crippen LogP contribution in [0.25, 0.3) is 0 Å². The van der Waals surface area contributed by atoms with E-state index in [9.17, 15) is 9.90 Å². The maximum Gasteiger partial charge on any atom is 0.337 e. The zero-order valence-electron chi connectivity index (χ0n) is 8.00. The summed E-state index contributed by atoms with van der Waals surface area (Å²) in [6.07, 6.45) is 0.662. The third-order valence-corrected chi connectivity index (χ3v) is 2.55. The van der Waals surface area contributed by atoms with Crippen LogP contribution < -0.4 is 0 Å². The van der Waals surface area contributed by atoms with E-state index < -0.39 is 5.97 Å². The zero-order valence-corrected chi connectivity index (χ0v) is 9.59. The highest BCUT2D eigenvalue weighted by molar-refractivity contribution is 9.10. The van der Waals surface area contributed by atoms with Gasteiger partial charge < -0.3 is 9.84 Å². The van der Waals surface area contributed by atoms with Gasteiger partial charge in [-0.25, -0.2) is 4.79 Å². The molecule has 0 spiro atoms. The topological polar surface area (TPSA) is 46.5 Å². The molecule has 0 aromatic heterocycles. The largest absolute Gasteiger partial charge is 0.506 e. The van der Waals surface area contributed by atoms with Crippen molar-refractivity contribution in [3.8, 4) is 5.75 Å². The van der Waals surface area contributed by atoms with Gasteiger partial charge in [0.2, 0.25) is 0 Å². The molecule has 1 rings (SSSR count). The Kier molecular flexibility index (Phi) is 3.52. The second kappa shape index (κ2) is 4.46. The fourth-order valence-corrected chi connectivity index (χ4v) is 1.66. The first kappa shape index (κ1) is 11.0. The van der Waals surface area contributed by atoms with Gasteiger partial charge in [-0.3, -0.25) is 0 Å². The third kappa shape index (κ3) is 2.07. The van der Waals surface area contributed by atoms with Gasteiger partial charge in [-0.2, -0.15) is 0 Å². The Morgan fingerprint density at radius 3 is 2.71 bits per heavy atom. The number of aryl methyl sites for hydroxylation is 1. The van der Waals surface area contributed by atoms with Crippen molar-refractivity contribution in [2.75, 3.05) is 7.11 Å². The highest BCUT2D eigenvalue weighted by Crippen LogP contribution is 2.29. The first-order chi connectivity index (χ1) is 6.60. The number of carbonyl (C=O) groups is 1.